The summed E-state index contributed by atoms with van der Waals surface area (Å²) in [6, 6.07) is 8.02. The molecule has 1 aliphatic rings. The molecule has 2 unspecified atom stereocenters. The molecule has 4 heteroatoms. The molecule has 24 heavy (non-hydrogen) atoms. The molecule has 2 atom stereocenters. The highest BCUT2D eigenvalue weighted by atomic mass is 16.5. The molecular formula is C20H32N2O2. The van der Waals surface area contributed by atoms with Crippen molar-refractivity contribution in [3.8, 4) is 5.75 Å². The SMILES string of the molecule is CCOc1ccccc1C(CC)NC(=O)CC(C)C1CCNCC1. The van der Waals surface area contributed by atoms with E-state index in [4.69, 9.17) is 4.74 Å². The van der Waals surface area contributed by atoms with Crippen LogP contribution in [0.4, 0.5) is 0 Å². The molecule has 0 aliphatic carbocycles. The van der Waals surface area contributed by atoms with Gasteiger partial charge in [-0.25, -0.2) is 0 Å². The summed E-state index contributed by atoms with van der Waals surface area (Å²) in [4.78, 5) is 12.5. The second-order valence-corrected chi connectivity index (χ2v) is 6.77. The molecule has 0 radical (unpaired) electrons. The average Bonchev–Trinajstić information content (AvgIpc) is 2.61. The number of rotatable bonds is 8. The Morgan fingerprint density at radius 2 is 2.00 bits per heavy atom. The van der Waals surface area contributed by atoms with Crippen molar-refractivity contribution in [2.45, 2.75) is 52.5 Å². The minimum Gasteiger partial charge on any atom is -0.494 e. The number of carbonyl (C=O) groups excluding carboxylic acids is 1. The van der Waals surface area contributed by atoms with Gasteiger partial charge in [0.05, 0.1) is 12.6 Å². The van der Waals surface area contributed by atoms with Gasteiger partial charge in [0.1, 0.15) is 5.75 Å². The standard InChI is InChI=1S/C20H32N2O2/c1-4-18(17-8-6-7-9-19(17)24-5-2)22-20(23)14-15(3)16-10-12-21-13-11-16/h6-9,15-16,18,21H,4-5,10-14H2,1-3H3,(H,22,23). The number of carbonyl (C=O) groups is 1. The molecule has 1 aromatic rings. The molecule has 1 fully saturated rings. The second kappa shape index (κ2) is 9.67. The minimum atomic E-state index is 0.0143. The van der Waals surface area contributed by atoms with Gasteiger partial charge in [-0.15, -0.1) is 0 Å². The van der Waals surface area contributed by atoms with Crippen LogP contribution < -0.4 is 15.4 Å². The van der Waals surface area contributed by atoms with Crippen LogP contribution in [0.25, 0.3) is 0 Å². The van der Waals surface area contributed by atoms with E-state index in [0.717, 1.165) is 30.8 Å². The molecule has 2 N–H and O–H groups in total. The maximum absolute atomic E-state index is 12.5. The maximum Gasteiger partial charge on any atom is 0.220 e. The Labute approximate surface area is 146 Å². The van der Waals surface area contributed by atoms with Gasteiger partial charge >= 0.3 is 0 Å². The number of hydrogen-bond acceptors (Lipinski definition) is 3. The van der Waals surface area contributed by atoms with Gasteiger partial charge in [-0.2, -0.15) is 0 Å². The number of ether oxygens (including phenoxy) is 1. The van der Waals surface area contributed by atoms with E-state index in [1.165, 1.54) is 12.8 Å². The van der Waals surface area contributed by atoms with Gasteiger partial charge in [-0.1, -0.05) is 32.0 Å². The van der Waals surface area contributed by atoms with Crippen LogP contribution in [0.15, 0.2) is 24.3 Å². The van der Waals surface area contributed by atoms with E-state index >= 15 is 0 Å². The highest BCUT2D eigenvalue weighted by molar-refractivity contribution is 5.76. The highest BCUT2D eigenvalue weighted by Gasteiger charge is 2.23. The normalized spacial score (nSPS) is 18.0. The van der Waals surface area contributed by atoms with E-state index < -0.39 is 0 Å². The molecule has 1 aliphatic heterocycles. The van der Waals surface area contributed by atoms with Crippen molar-refractivity contribution in [3.63, 3.8) is 0 Å². The molecule has 4 nitrogen and oxygen atoms in total. The molecule has 0 spiro atoms. The lowest BCUT2D eigenvalue weighted by Gasteiger charge is -2.28. The van der Waals surface area contributed by atoms with Crippen LogP contribution in [-0.4, -0.2) is 25.6 Å². The molecule has 0 aromatic heterocycles. The zero-order valence-corrected chi connectivity index (χ0v) is 15.3. The lowest BCUT2D eigenvalue weighted by molar-refractivity contribution is -0.123. The molecule has 2 rings (SSSR count). The van der Waals surface area contributed by atoms with Crippen molar-refractivity contribution >= 4 is 5.91 Å². The summed E-state index contributed by atoms with van der Waals surface area (Å²) < 4.78 is 5.72. The summed E-state index contributed by atoms with van der Waals surface area (Å²) in [7, 11) is 0. The quantitative estimate of drug-likeness (QED) is 0.763. The van der Waals surface area contributed by atoms with E-state index in [9.17, 15) is 4.79 Å². The first-order valence-corrected chi connectivity index (χ1v) is 9.37. The molecule has 1 heterocycles. The fourth-order valence-corrected chi connectivity index (χ4v) is 3.58. The average molecular weight is 332 g/mol. The van der Waals surface area contributed by atoms with Gasteiger partial charge in [-0.05, 0) is 57.2 Å². The van der Waals surface area contributed by atoms with Crippen LogP contribution >= 0.6 is 0 Å². The topological polar surface area (TPSA) is 50.4 Å². The summed E-state index contributed by atoms with van der Waals surface area (Å²) in [6.45, 7) is 9.09. The Hall–Kier alpha value is -1.55. The number of benzene rings is 1. The Morgan fingerprint density at radius 3 is 2.67 bits per heavy atom. The molecule has 134 valence electrons. The second-order valence-electron chi connectivity index (χ2n) is 6.77. The van der Waals surface area contributed by atoms with E-state index in [1.54, 1.807) is 0 Å². The Kier molecular flexibility index (Phi) is 7.57. The lowest BCUT2D eigenvalue weighted by atomic mass is 9.84. The van der Waals surface area contributed by atoms with Crippen molar-refractivity contribution in [3.05, 3.63) is 29.8 Å². The van der Waals surface area contributed by atoms with Crippen LogP contribution in [0, 0.1) is 11.8 Å². The van der Waals surface area contributed by atoms with Crippen LogP contribution in [0.3, 0.4) is 0 Å². The van der Waals surface area contributed by atoms with E-state index in [2.05, 4.69) is 30.5 Å². The summed E-state index contributed by atoms with van der Waals surface area (Å²) in [5, 5.41) is 6.61. The summed E-state index contributed by atoms with van der Waals surface area (Å²) >= 11 is 0. The molecule has 0 bridgehead atoms. The fraction of sp³-hybridized carbons (Fsp3) is 0.650. The largest absolute Gasteiger partial charge is 0.494 e. The van der Waals surface area contributed by atoms with Crippen LogP contribution in [0.1, 0.15) is 58.1 Å². The fourth-order valence-electron chi connectivity index (χ4n) is 3.58. The van der Waals surface area contributed by atoms with E-state index in [1.807, 2.05) is 25.1 Å². The smallest absolute Gasteiger partial charge is 0.220 e. The zero-order valence-electron chi connectivity index (χ0n) is 15.3. The number of para-hydroxylation sites is 1. The minimum absolute atomic E-state index is 0.0143. The zero-order chi connectivity index (χ0) is 17.4. The molecule has 0 saturated carbocycles. The van der Waals surface area contributed by atoms with Crippen molar-refractivity contribution < 1.29 is 9.53 Å². The summed E-state index contributed by atoms with van der Waals surface area (Å²) in [6.07, 6.45) is 3.83. The first kappa shape index (κ1) is 18.8. The van der Waals surface area contributed by atoms with Crippen molar-refractivity contribution in [2.75, 3.05) is 19.7 Å². The van der Waals surface area contributed by atoms with Gasteiger partial charge in [0, 0.05) is 12.0 Å². The molecule has 1 aromatic carbocycles. The Balaban J connectivity index is 1.95. The van der Waals surface area contributed by atoms with Gasteiger partial charge in [0.25, 0.3) is 0 Å². The molecule has 1 saturated heterocycles. The third-order valence-corrected chi connectivity index (χ3v) is 5.03. The van der Waals surface area contributed by atoms with Crippen LogP contribution in [0.2, 0.25) is 0 Å². The summed E-state index contributed by atoms with van der Waals surface area (Å²) in [5.74, 6) is 2.12. The van der Waals surface area contributed by atoms with Gasteiger partial charge < -0.3 is 15.4 Å². The predicted molar refractivity (Wildman–Crippen MR) is 98.2 cm³/mol. The summed E-state index contributed by atoms with van der Waals surface area (Å²) in [5.41, 5.74) is 1.07. The van der Waals surface area contributed by atoms with E-state index in [-0.39, 0.29) is 11.9 Å². The monoisotopic (exact) mass is 332 g/mol. The third kappa shape index (κ3) is 5.23. The lowest BCUT2D eigenvalue weighted by Crippen LogP contribution is -2.34. The third-order valence-electron chi connectivity index (χ3n) is 5.03. The van der Waals surface area contributed by atoms with E-state index in [0.29, 0.717) is 24.9 Å². The van der Waals surface area contributed by atoms with Crippen molar-refractivity contribution in [1.82, 2.24) is 10.6 Å². The van der Waals surface area contributed by atoms with Gasteiger partial charge in [0.2, 0.25) is 5.91 Å². The van der Waals surface area contributed by atoms with Crippen LogP contribution in [-0.2, 0) is 4.79 Å². The Bertz CT molecular complexity index is 512. The van der Waals surface area contributed by atoms with Crippen molar-refractivity contribution in [2.24, 2.45) is 11.8 Å². The van der Waals surface area contributed by atoms with Gasteiger partial charge in [-0.3, -0.25) is 4.79 Å². The van der Waals surface area contributed by atoms with Crippen molar-refractivity contribution in [1.29, 1.82) is 0 Å². The number of piperidine rings is 1. The Morgan fingerprint density at radius 1 is 1.29 bits per heavy atom. The maximum atomic E-state index is 12.5. The first-order chi connectivity index (χ1) is 11.7. The number of nitrogens with one attached hydrogen (secondary N) is 2. The molecule has 1 amide bonds. The highest BCUT2D eigenvalue weighted by Crippen LogP contribution is 2.28. The van der Waals surface area contributed by atoms with Gasteiger partial charge in [0.15, 0.2) is 0 Å². The van der Waals surface area contributed by atoms with Crippen LogP contribution in [0.5, 0.6) is 5.75 Å². The number of amides is 1. The number of hydrogen-bond donors (Lipinski definition) is 2. The predicted octanol–water partition coefficient (Wildman–Crippen LogP) is 3.68. The first-order valence-electron chi connectivity index (χ1n) is 9.37. The molecular weight excluding hydrogens is 300 g/mol.